The molecule has 0 bridgehead atoms. The van der Waals surface area contributed by atoms with Gasteiger partial charge in [0.2, 0.25) is 0 Å². The zero-order valence-corrected chi connectivity index (χ0v) is 25.7. The third-order valence-corrected chi connectivity index (χ3v) is 10.7. The van der Waals surface area contributed by atoms with Crippen molar-refractivity contribution in [2.45, 2.75) is 86.5 Å². The number of rotatable bonds is 5. The first kappa shape index (κ1) is 28.4. The number of hydrogen-bond donors (Lipinski definition) is 1. The van der Waals surface area contributed by atoms with Gasteiger partial charge in [0.1, 0.15) is 5.82 Å². The van der Waals surface area contributed by atoms with Gasteiger partial charge in [0, 0.05) is 11.1 Å². The topological polar surface area (TPSA) is 26.0 Å². The molecule has 0 saturated carbocycles. The molecule has 1 nitrogen and oxygen atoms in total. The van der Waals surface area contributed by atoms with E-state index in [2.05, 4.69) is 67.7 Å². The van der Waals surface area contributed by atoms with Gasteiger partial charge in [0.15, 0.2) is 0 Å². The fourth-order valence-corrected chi connectivity index (χ4v) is 8.56. The van der Waals surface area contributed by atoms with Gasteiger partial charge >= 0.3 is 0 Å². The van der Waals surface area contributed by atoms with Crippen molar-refractivity contribution < 1.29 is 4.39 Å². The number of aryl methyl sites for hydroxylation is 2. The average molecular weight is 536 g/mol. The summed E-state index contributed by atoms with van der Waals surface area (Å²) in [6.07, 6.45) is 4.99. The maximum atomic E-state index is 13.5. The van der Waals surface area contributed by atoms with E-state index in [1.165, 1.54) is 50.1 Å². The summed E-state index contributed by atoms with van der Waals surface area (Å²) in [6, 6.07) is 9.39. The van der Waals surface area contributed by atoms with E-state index in [0.29, 0.717) is 17.5 Å². The number of halogens is 1. The van der Waals surface area contributed by atoms with Crippen molar-refractivity contribution in [2.75, 3.05) is 0 Å². The van der Waals surface area contributed by atoms with E-state index in [4.69, 9.17) is 12.3 Å². The maximum absolute atomic E-state index is 13.5. The molecule has 40 heavy (non-hydrogen) atoms. The summed E-state index contributed by atoms with van der Waals surface area (Å²) >= 11 is 0. The van der Waals surface area contributed by atoms with Gasteiger partial charge in [0.25, 0.3) is 0 Å². The lowest BCUT2D eigenvalue weighted by atomic mass is 9.47. The van der Waals surface area contributed by atoms with Crippen LogP contribution in [0.15, 0.2) is 83.6 Å². The first-order valence-corrected chi connectivity index (χ1v) is 14.9. The molecule has 5 rings (SSSR count). The highest BCUT2D eigenvalue weighted by atomic mass is 19.1. The molecular weight excluding hydrogens is 489 g/mol. The highest BCUT2D eigenvalue weighted by molar-refractivity contribution is 5.87. The third kappa shape index (κ3) is 4.18. The van der Waals surface area contributed by atoms with Crippen molar-refractivity contribution in [1.82, 2.24) is 0 Å². The van der Waals surface area contributed by atoms with Crippen LogP contribution in [-0.4, -0.2) is 0 Å². The Morgan fingerprint density at radius 2 is 1.73 bits per heavy atom. The molecule has 2 unspecified atom stereocenters. The predicted octanol–water partition coefficient (Wildman–Crippen LogP) is 9.71. The second-order valence-corrected chi connectivity index (χ2v) is 13.6. The molecular formula is C38H46FN. The van der Waals surface area contributed by atoms with Gasteiger partial charge in [-0.15, -0.1) is 0 Å². The van der Waals surface area contributed by atoms with Gasteiger partial charge in [-0.2, -0.15) is 0 Å². The van der Waals surface area contributed by atoms with Crippen LogP contribution in [0, 0.1) is 29.5 Å². The van der Waals surface area contributed by atoms with Crippen LogP contribution in [0.3, 0.4) is 0 Å². The molecule has 0 aliphatic heterocycles. The Morgan fingerprint density at radius 3 is 2.33 bits per heavy atom. The minimum absolute atomic E-state index is 0.0296. The average Bonchev–Trinajstić information content (AvgIpc) is 2.86. The standard InChI is InChI=1S/C38H46FN/c1-21(2)32-18-29(14-11-28-12-15-31(39)16-13-28)23(4)35-24(5)36-26(7)38(10)25(6)34(27(8)40)22(3)17-30(38)19-37(36,9)20-33(32)35/h12-13,15-16,18,21,30H,5-6,8,11,14,17,19-20,40H2,1-4,7,9-10H3/t30?,37?,38-/m0/s1. The molecule has 0 spiro atoms. The van der Waals surface area contributed by atoms with Crippen molar-refractivity contribution in [3.63, 3.8) is 0 Å². The Hall–Kier alpha value is -3.13. The van der Waals surface area contributed by atoms with Gasteiger partial charge in [-0.3, -0.25) is 0 Å². The summed E-state index contributed by atoms with van der Waals surface area (Å²) in [4.78, 5) is 0. The molecule has 3 atom stereocenters. The highest BCUT2D eigenvalue weighted by Crippen LogP contribution is 2.65. The van der Waals surface area contributed by atoms with Crippen LogP contribution in [0.1, 0.15) is 93.7 Å². The smallest absolute Gasteiger partial charge is 0.123 e. The van der Waals surface area contributed by atoms with Crippen molar-refractivity contribution >= 4 is 5.57 Å². The van der Waals surface area contributed by atoms with E-state index in [9.17, 15) is 4.39 Å². The largest absolute Gasteiger partial charge is 0.399 e. The van der Waals surface area contributed by atoms with Crippen LogP contribution in [0.2, 0.25) is 0 Å². The molecule has 2 aromatic rings. The summed E-state index contributed by atoms with van der Waals surface area (Å²) in [5, 5.41) is 0. The molecule has 0 fully saturated rings. The van der Waals surface area contributed by atoms with Crippen molar-refractivity contribution in [1.29, 1.82) is 0 Å². The molecule has 3 aliphatic carbocycles. The Bertz CT molecular complexity index is 1510. The molecule has 0 saturated heterocycles. The second kappa shape index (κ2) is 9.75. The molecule has 2 aromatic carbocycles. The Labute approximate surface area is 241 Å². The molecule has 0 aromatic heterocycles. The highest BCUT2D eigenvalue weighted by Gasteiger charge is 2.54. The predicted molar refractivity (Wildman–Crippen MR) is 169 cm³/mol. The van der Waals surface area contributed by atoms with Crippen LogP contribution in [0.25, 0.3) is 5.57 Å². The van der Waals surface area contributed by atoms with Crippen LogP contribution in [-0.2, 0) is 19.3 Å². The first-order chi connectivity index (χ1) is 18.7. The monoisotopic (exact) mass is 535 g/mol. The number of allylic oxidation sites excluding steroid dienone is 5. The minimum Gasteiger partial charge on any atom is -0.399 e. The van der Waals surface area contributed by atoms with Gasteiger partial charge in [-0.1, -0.05) is 76.8 Å². The van der Waals surface area contributed by atoms with E-state index in [1.54, 1.807) is 12.1 Å². The summed E-state index contributed by atoms with van der Waals surface area (Å²) in [5.41, 5.74) is 22.5. The number of nitrogens with two attached hydrogens (primary N) is 1. The number of benzene rings is 2. The molecule has 0 radical (unpaired) electrons. The third-order valence-electron chi connectivity index (χ3n) is 10.7. The van der Waals surface area contributed by atoms with Gasteiger partial charge in [-0.25, -0.2) is 4.39 Å². The lowest BCUT2D eigenvalue weighted by Crippen LogP contribution is -2.46. The maximum Gasteiger partial charge on any atom is 0.123 e. The van der Waals surface area contributed by atoms with Crippen molar-refractivity contribution in [3.8, 4) is 0 Å². The molecule has 2 N–H and O–H groups in total. The summed E-state index contributed by atoms with van der Waals surface area (Å²) in [6.45, 7) is 29.9. The fourth-order valence-electron chi connectivity index (χ4n) is 8.56. The number of fused-ring (bicyclic) bond motifs is 3. The minimum atomic E-state index is -0.184. The van der Waals surface area contributed by atoms with E-state index < -0.39 is 0 Å². The lowest BCUT2D eigenvalue weighted by molar-refractivity contribution is 0.156. The van der Waals surface area contributed by atoms with E-state index in [1.807, 2.05) is 12.1 Å². The van der Waals surface area contributed by atoms with E-state index in [-0.39, 0.29) is 16.6 Å². The molecule has 3 aliphatic rings. The van der Waals surface area contributed by atoms with Gasteiger partial charge in [-0.05, 0) is 138 Å². The number of hydrogen-bond acceptors (Lipinski definition) is 1. The Balaban J connectivity index is 1.65. The lowest BCUT2D eigenvalue weighted by Gasteiger charge is -2.57. The van der Waals surface area contributed by atoms with Gasteiger partial charge in [0.05, 0.1) is 0 Å². The fraction of sp³-hybridized carbons (Fsp3) is 0.421. The summed E-state index contributed by atoms with van der Waals surface area (Å²) in [7, 11) is 0. The Kier molecular flexibility index (Phi) is 6.93. The quantitative estimate of drug-likeness (QED) is 0.405. The second-order valence-electron chi connectivity index (χ2n) is 13.6. The zero-order valence-electron chi connectivity index (χ0n) is 25.7. The van der Waals surface area contributed by atoms with Crippen molar-refractivity contribution in [3.05, 3.63) is 123 Å². The molecule has 0 heterocycles. The van der Waals surface area contributed by atoms with E-state index in [0.717, 1.165) is 48.8 Å². The van der Waals surface area contributed by atoms with Crippen LogP contribution in [0.4, 0.5) is 4.39 Å². The van der Waals surface area contributed by atoms with E-state index >= 15 is 0 Å². The van der Waals surface area contributed by atoms with Crippen LogP contribution < -0.4 is 5.73 Å². The van der Waals surface area contributed by atoms with Crippen molar-refractivity contribution in [2.24, 2.45) is 22.5 Å². The summed E-state index contributed by atoms with van der Waals surface area (Å²) < 4.78 is 13.5. The van der Waals surface area contributed by atoms with Crippen LogP contribution in [0.5, 0.6) is 0 Å². The Morgan fingerprint density at radius 1 is 1.07 bits per heavy atom. The first-order valence-electron chi connectivity index (χ1n) is 14.9. The normalized spacial score (nSPS) is 26.2. The zero-order chi connectivity index (χ0) is 29.3. The molecule has 0 amide bonds. The molecule has 210 valence electrons. The van der Waals surface area contributed by atoms with Gasteiger partial charge < -0.3 is 5.73 Å². The molecule has 2 heteroatoms. The SMILES string of the molecule is C=C(N)C1=C(C)CC2CC3(C)Cc4c(C(C)C)cc(CCc5ccc(F)cc5)c(C)c4C(=C)C3=C(C)[C@]2(C)C1=C. The van der Waals surface area contributed by atoms with Crippen LogP contribution >= 0.6 is 0 Å². The summed E-state index contributed by atoms with van der Waals surface area (Å²) in [5.74, 6) is 0.717.